The number of fused-ring (bicyclic) bond motifs is 3. The largest absolute Gasteiger partial charge is 0.480 e. The summed E-state index contributed by atoms with van der Waals surface area (Å²) in [4.78, 5) is 36.8. The van der Waals surface area contributed by atoms with Crippen LogP contribution in [0, 0.1) is 5.92 Å². The van der Waals surface area contributed by atoms with Crippen LogP contribution in [0.15, 0.2) is 42.5 Å². The molecule has 1 aliphatic rings. The number of rotatable bonds is 5. The first-order chi connectivity index (χ1) is 12.0. The quantitative estimate of drug-likeness (QED) is 0.749. The van der Waals surface area contributed by atoms with Crippen molar-refractivity contribution in [1.82, 2.24) is 5.32 Å². The highest BCUT2D eigenvalue weighted by molar-refractivity contribution is 6.24. The molecule has 0 radical (unpaired) electrons. The fourth-order valence-electron chi connectivity index (χ4n) is 3.17. The van der Waals surface area contributed by atoms with E-state index in [1.807, 2.05) is 13.0 Å². The van der Waals surface area contributed by atoms with Gasteiger partial charge in [0.15, 0.2) is 5.78 Å². The molecule has 2 N–H and O–H groups in total. The number of nitrogens with one attached hydrogen (secondary N) is 1. The molecule has 1 aliphatic carbocycles. The topological polar surface area (TPSA) is 83.5 Å². The summed E-state index contributed by atoms with van der Waals surface area (Å²) < 4.78 is 0. The predicted octanol–water partition coefficient (Wildman–Crippen LogP) is 3.13. The van der Waals surface area contributed by atoms with E-state index in [1.165, 1.54) is 0 Å². The summed E-state index contributed by atoms with van der Waals surface area (Å²) >= 11 is 0. The number of aliphatic carboxylic acids is 1. The molecule has 0 saturated carbocycles. The van der Waals surface area contributed by atoms with E-state index in [0.29, 0.717) is 34.2 Å². The van der Waals surface area contributed by atoms with Crippen molar-refractivity contribution in [3.63, 3.8) is 0 Å². The maximum Gasteiger partial charge on any atom is 0.326 e. The van der Waals surface area contributed by atoms with Crippen LogP contribution < -0.4 is 5.32 Å². The highest BCUT2D eigenvalue weighted by Crippen LogP contribution is 2.38. The smallest absolute Gasteiger partial charge is 0.326 e. The fourth-order valence-corrected chi connectivity index (χ4v) is 3.17. The number of hydrogen-bond acceptors (Lipinski definition) is 3. The third kappa shape index (κ3) is 2.82. The van der Waals surface area contributed by atoms with Crippen LogP contribution in [0.5, 0.6) is 0 Å². The lowest BCUT2D eigenvalue weighted by molar-refractivity contribution is -0.140. The van der Waals surface area contributed by atoms with Gasteiger partial charge in [0, 0.05) is 22.3 Å². The summed E-state index contributed by atoms with van der Waals surface area (Å²) in [5, 5.41) is 12.0. The molecule has 5 heteroatoms. The Morgan fingerprint density at radius 1 is 1.04 bits per heavy atom. The summed E-state index contributed by atoms with van der Waals surface area (Å²) in [7, 11) is 0. The molecular formula is C20H19NO4. The fraction of sp³-hybridized carbons (Fsp3) is 0.250. The Hall–Kier alpha value is -2.95. The SMILES string of the molecule is CC[C@@H](C)[C@H](NC(=O)c1cccc2c1-c1ccccc1C2=O)C(=O)O. The molecule has 0 aliphatic heterocycles. The highest BCUT2D eigenvalue weighted by atomic mass is 16.4. The van der Waals surface area contributed by atoms with Gasteiger partial charge in [0.05, 0.1) is 0 Å². The molecular weight excluding hydrogens is 318 g/mol. The number of amides is 1. The van der Waals surface area contributed by atoms with E-state index >= 15 is 0 Å². The highest BCUT2D eigenvalue weighted by Gasteiger charge is 2.32. The summed E-state index contributed by atoms with van der Waals surface area (Å²) in [5.41, 5.74) is 2.65. The molecule has 25 heavy (non-hydrogen) atoms. The second kappa shape index (κ2) is 6.51. The maximum absolute atomic E-state index is 12.8. The lowest BCUT2D eigenvalue weighted by atomic mass is 9.96. The normalized spacial score (nSPS) is 14.4. The monoisotopic (exact) mass is 337 g/mol. The third-order valence-electron chi connectivity index (χ3n) is 4.76. The number of carbonyl (C=O) groups excluding carboxylic acids is 2. The Morgan fingerprint density at radius 2 is 1.68 bits per heavy atom. The predicted molar refractivity (Wildman–Crippen MR) is 93.7 cm³/mol. The van der Waals surface area contributed by atoms with E-state index in [9.17, 15) is 19.5 Å². The van der Waals surface area contributed by atoms with Gasteiger partial charge in [-0.25, -0.2) is 4.79 Å². The van der Waals surface area contributed by atoms with Crippen LogP contribution in [0.2, 0.25) is 0 Å². The maximum atomic E-state index is 12.8. The minimum atomic E-state index is -1.06. The first-order valence-corrected chi connectivity index (χ1v) is 8.26. The van der Waals surface area contributed by atoms with Crippen molar-refractivity contribution in [2.75, 3.05) is 0 Å². The van der Waals surface area contributed by atoms with Crippen molar-refractivity contribution in [1.29, 1.82) is 0 Å². The van der Waals surface area contributed by atoms with Crippen molar-refractivity contribution in [2.24, 2.45) is 5.92 Å². The molecule has 0 bridgehead atoms. The summed E-state index contributed by atoms with van der Waals surface area (Å²) in [6.07, 6.45) is 0.630. The number of carbonyl (C=O) groups is 3. The third-order valence-corrected chi connectivity index (χ3v) is 4.76. The zero-order valence-electron chi connectivity index (χ0n) is 14.1. The van der Waals surface area contributed by atoms with E-state index in [0.717, 1.165) is 0 Å². The second-order valence-corrected chi connectivity index (χ2v) is 6.28. The van der Waals surface area contributed by atoms with Gasteiger partial charge in [-0.3, -0.25) is 9.59 Å². The zero-order valence-corrected chi connectivity index (χ0v) is 14.1. The molecule has 2 aromatic rings. The zero-order chi connectivity index (χ0) is 18.1. The van der Waals surface area contributed by atoms with Crippen molar-refractivity contribution in [3.8, 4) is 11.1 Å². The Morgan fingerprint density at radius 3 is 2.32 bits per heavy atom. The molecule has 0 saturated heterocycles. The van der Waals surface area contributed by atoms with Crippen molar-refractivity contribution < 1.29 is 19.5 Å². The number of ketones is 1. The Labute approximate surface area is 145 Å². The van der Waals surface area contributed by atoms with E-state index in [-0.39, 0.29) is 11.7 Å². The van der Waals surface area contributed by atoms with E-state index in [4.69, 9.17) is 0 Å². The van der Waals surface area contributed by atoms with Crippen LogP contribution in [-0.2, 0) is 4.79 Å². The van der Waals surface area contributed by atoms with Crippen molar-refractivity contribution in [3.05, 3.63) is 59.2 Å². The van der Waals surface area contributed by atoms with Gasteiger partial charge in [0.2, 0.25) is 0 Å². The first-order valence-electron chi connectivity index (χ1n) is 8.26. The average Bonchev–Trinajstić information content (AvgIpc) is 2.92. The summed E-state index contributed by atoms with van der Waals surface area (Å²) in [6.45, 7) is 3.66. The van der Waals surface area contributed by atoms with Gasteiger partial charge >= 0.3 is 5.97 Å². The molecule has 0 aromatic heterocycles. The van der Waals surface area contributed by atoms with Gasteiger partial charge in [-0.15, -0.1) is 0 Å². The molecule has 128 valence electrons. The minimum absolute atomic E-state index is 0.114. The molecule has 2 atom stereocenters. The van der Waals surface area contributed by atoms with Crippen molar-refractivity contribution >= 4 is 17.7 Å². The molecule has 0 unspecified atom stereocenters. The van der Waals surface area contributed by atoms with Crippen LogP contribution >= 0.6 is 0 Å². The van der Waals surface area contributed by atoms with Crippen LogP contribution in [0.4, 0.5) is 0 Å². The average molecular weight is 337 g/mol. The van der Waals surface area contributed by atoms with Crippen LogP contribution in [0.25, 0.3) is 11.1 Å². The second-order valence-electron chi connectivity index (χ2n) is 6.28. The molecule has 3 rings (SSSR count). The van der Waals surface area contributed by atoms with Gasteiger partial charge in [0.1, 0.15) is 6.04 Å². The molecule has 0 spiro atoms. The van der Waals surface area contributed by atoms with Gasteiger partial charge in [-0.1, -0.05) is 56.7 Å². The Balaban J connectivity index is 2.03. The number of hydrogen-bond donors (Lipinski definition) is 2. The summed E-state index contributed by atoms with van der Waals surface area (Å²) in [5.74, 6) is -1.86. The van der Waals surface area contributed by atoms with Gasteiger partial charge in [-0.2, -0.15) is 0 Å². The summed E-state index contributed by atoms with van der Waals surface area (Å²) in [6, 6.07) is 11.1. The molecule has 5 nitrogen and oxygen atoms in total. The molecule has 0 fully saturated rings. The molecule has 0 heterocycles. The number of carboxylic acid groups (broad SMARTS) is 1. The standard InChI is InChI=1S/C20H19NO4/c1-3-11(2)17(20(24)25)21-19(23)15-10-6-9-14-16(15)12-7-4-5-8-13(12)18(14)22/h4-11,17H,3H2,1-2H3,(H,21,23)(H,24,25)/t11-,17+/m1/s1. The van der Waals surface area contributed by atoms with Gasteiger partial charge < -0.3 is 10.4 Å². The lowest BCUT2D eigenvalue weighted by Crippen LogP contribution is -2.45. The van der Waals surface area contributed by atoms with Crippen LogP contribution in [0.3, 0.4) is 0 Å². The van der Waals surface area contributed by atoms with E-state index < -0.39 is 17.9 Å². The van der Waals surface area contributed by atoms with Gasteiger partial charge in [-0.05, 0) is 17.5 Å². The number of benzene rings is 2. The van der Waals surface area contributed by atoms with Crippen molar-refractivity contribution in [2.45, 2.75) is 26.3 Å². The minimum Gasteiger partial charge on any atom is -0.480 e. The van der Waals surface area contributed by atoms with Crippen LogP contribution in [0.1, 0.15) is 46.5 Å². The first kappa shape index (κ1) is 16.9. The molecule has 2 aromatic carbocycles. The van der Waals surface area contributed by atoms with E-state index in [1.54, 1.807) is 43.3 Å². The Bertz CT molecular complexity index is 872. The molecule has 1 amide bonds. The van der Waals surface area contributed by atoms with Gasteiger partial charge in [0.25, 0.3) is 5.91 Å². The van der Waals surface area contributed by atoms with Crippen LogP contribution in [-0.4, -0.2) is 28.8 Å². The van der Waals surface area contributed by atoms with E-state index in [2.05, 4.69) is 5.32 Å². The Kier molecular flexibility index (Phi) is 4.40. The number of carboxylic acids is 1. The lowest BCUT2D eigenvalue weighted by Gasteiger charge is -2.21.